The predicted molar refractivity (Wildman–Crippen MR) is 82.4 cm³/mol. The fourth-order valence-corrected chi connectivity index (χ4v) is 3.24. The SMILES string of the molecule is [C-]#[N+]c1ccc(S(=O)(=O)Nc2ccc3c(c2)B(O)OC3)cc1. The molecule has 0 unspecified atom stereocenters. The molecule has 0 amide bonds. The van der Waals surface area contributed by atoms with Gasteiger partial charge in [0, 0.05) is 5.69 Å². The average Bonchev–Trinajstić information content (AvgIpc) is 2.88. The smallest absolute Gasteiger partial charge is 0.423 e. The molecule has 0 aliphatic carbocycles. The molecule has 2 aromatic carbocycles. The van der Waals surface area contributed by atoms with Crippen LogP contribution in [-0.4, -0.2) is 20.6 Å². The van der Waals surface area contributed by atoms with Crippen LogP contribution in [0.4, 0.5) is 11.4 Å². The first kappa shape index (κ1) is 14.6. The van der Waals surface area contributed by atoms with Gasteiger partial charge >= 0.3 is 7.12 Å². The molecule has 2 aromatic rings. The van der Waals surface area contributed by atoms with E-state index in [2.05, 4.69) is 9.57 Å². The van der Waals surface area contributed by atoms with Crippen molar-refractivity contribution in [2.75, 3.05) is 4.72 Å². The predicted octanol–water partition coefficient (Wildman–Crippen LogP) is 1.26. The maximum Gasteiger partial charge on any atom is 0.491 e. The van der Waals surface area contributed by atoms with Gasteiger partial charge in [0.15, 0.2) is 5.69 Å². The third kappa shape index (κ3) is 2.70. The second-order valence-corrected chi connectivity index (χ2v) is 6.47. The van der Waals surface area contributed by atoms with E-state index in [0.717, 1.165) is 5.56 Å². The van der Waals surface area contributed by atoms with Crippen molar-refractivity contribution < 1.29 is 18.1 Å². The quantitative estimate of drug-likeness (QED) is 0.660. The molecule has 1 heterocycles. The molecule has 2 N–H and O–H groups in total. The first-order valence-corrected chi connectivity index (χ1v) is 7.91. The average molecular weight is 314 g/mol. The molecular formula is C14H11BN2O4S. The van der Waals surface area contributed by atoms with Gasteiger partial charge in [-0.3, -0.25) is 4.72 Å². The molecule has 1 aliphatic heterocycles. The summed E-state index contributed by atoms with van der Waals surface area (Å²) in [6.07, 6.45) is 0. The van der Waals surface area contributed by atoms with Crippen molar-refractivity contribution >= 4 is 34.0 Å². The van der Waals surface area contributed by atoms with Gasteiger partial charge in [0.25, 0.3) is 10.0 Å². The summed E-state index contributed by atoms with van der Waals surface area (Å²) < 4.78 is 32.1. The molecule has 6 nitrogen and oxygen atoms in total. The summed E-state index contributed by atoms with van der Waals surface area (Å²) in [7, 11) is -4.78. The molecule has 0 radical (unpaired) electrons. The molecule has 110 valence electrons. The van der Waals surface area contributed by atoms with Gasteiger partial charge in [-0.25, -0.2) is 13.3 Å². The van der Waals surface area contributed by atoms with E-state index in [-0.39, 0.29) is 4.90 Å². The van der Waals surface area contributed by atoms with Crippen LogP contribution in [0.3, 0.4) is 0 Å². The highest BCUT2D eigenvalue weighted by Gasteiger charge is 2.27. The van der Waals surface area contributed by atoms with Crippen LogP contribution < -0.4 is 10.2 Å². The van der Waals surface area contributed by atoms with E-state index in [1.54, 1.807) is 18.2 Å². The van der Waals surface area contributed by atoms with Crippen LogP contribution in [0.15, 0.2) is 47.4 Å². The molecule has 8 heteroatoms. The van der Waals surface area contributed by atoms with Crippen LogP contribution in [0.1, 0.15) is 5.56 Å². The lowest BCUT2D eigenvalue weighted by atomic mass is 9.79. The minimum Gasteiger partial charge on any atom is -0.423 e. The maximum absolute atomic E-state index is 12.3. The molecule has 0 fully saturated rings. The minimum atomic E-state index is -3.75. The van der Waals surface area contributed by atoms with E-state index >= 15 is 0 Å². The van der Waals surface area contributed by atoms with E-state index in [9.17, 15) is 13.4 Å². The molecule has 0 spiro atoms. The van der Waals surface area contributed by atoms with Gasteiger partial charge in [0.05, 0.1) is 18.1 Å². The molecule has 0 saturated carbocycles. The Morgan fingerprint density at radius 3 is 2.64 bits per heavy atom. The Morgan fingerprint density at radius 1 is 1.23 bits per heavy atom. The second-order valence-electron chi connectivity index (χ2n) is 4.79. The van der Waals surface area contributed by atoms with E-state index in [0.29, 0.717) is 23.4 Å². The van der Waals surface area contributed by atoms with E-state index < -0.39 is 17.1 Å². The first-order chi connectivity index (χ1) is 10.5. The summed E-state index contributed by atoms with van der Waals surface area (Å²) >= 11 is 0. The van der Waals surface area contributed by atoms with Crippen molar-refractivity contribution in [3.8, 4) is 0 Å². The second kappa shape index (κ2) is 5.46. The molecule has 0 bridgehead atoms. The number of benzene rings is 2. The zero-order chi connectivity index (χ0) is 15.7. The van der Waals surface area contributed by atoms with Crippen molar-refractivity contribution in [2.45, 2.75) is 11.5 Å². The zero-order valence-electron chi connectivity index (χ0n) is 11.4. The van der Waals surface area contributed by atoms with Gasteiger partial charge in [-0.15, -0.1) is 0 Å². The molecule has 0 saturated heterocycles. The Labute approximate surface area is 128 Å². The summed E-state index contributed by atoms with van der Waals surface area (Å²) in [6, 6.07) is 10.5. The number of nitrogens with one attached hydrogen (secondary N) is 1. The highest BCUT2D eigenvalue weighted by atomic mass is 32.2. The van der Waals surface area contributed by atoms with Gasteiger partial charge in [0.2, 0.25) is 0 Å². The van der Waals surface area contributed by atoms with Crippen LogP contribution in [0.2, 0.25) is 0 Å². The topological polar surface area (TPSA) is 80.0 Å². The number of rotatable bonds is 3. The van der Waals surface area contributed by atoms with E-state index in [1.807, 2.05) is 0 Å². The monoisotopic (exact) mass is 314 g/mol. The van der Waals surface area contributed by atoms with Gasteiger partial charge in [-0.1, -0.05) is 30.3 Å². The molecule has 3 rings (SSSR count). The van der Waals surface area contributed by atoms with Crippen molar-refractivity contribution in [3.63, 3.8) is 0 Å². The lowest BCUT2D eigenvalue weighted by Gasteiger charge is -2.09. The van der Waals surface area contributed by atoms with Crippen LogP contribution in [-0.2, 0) is 21.3 Å². The van der Waals surface area contributed by atoms with Gasteiger partial charge < -0.3 is 9.68 Å². The number of nitrogens with zero attached hydrogens (tertiary/aromatic N) is 1. The number of fused-ring (bicyclic) bond motifs is 1. The van der Waals surface area contributed by atoms with Crippen LogP contribution >= 0.6 is 0 Å². The molecule has 1 aliphatic rings. The standard InChI is InChI=1S/C14H11BN2O4S/c1-16-11-4-6-13(7-5-11)22(19,20)17-12-3-2-10-9-21-15(18)14(10)8-12/h2-8,17-18H,9H2. The van der Waals surface area contributed by atoms with Gasteiger partial charge in [-0.2, -0.15) is 0 Å². The third-order valence-electron chi connectivity index (χ3n) is 3.34. The molecular weight excluding hydrogens is 303 g/mol. The van der Waals surface area contributed by atoms with Crippen molar-refractivity contribution in [2.24, 2.45) is 0 Å². The fourth-order valence-electron chi connectivity index (χ4n) is 2.19. The van der Waals surface area contributed by atoms with Crippen LogP contribution in [0.25, 0.3) is 4.85 Å². The van der Waals surface area contributed by atoms with E-state index in [4.69, 9.17) is 11.2 Å². The minimum absolute atomic E-state index is 0.0668. The number of sulfonamides is 1. The highest BCUT2D eigenvalue weighted by Crippen LogP contribution is 2.20. The van der Waals surface area contributed by atoms with Gasteiger partial charge in [0.1, 0.15) is 0 Å². The summed E-state index contributed by atoms with van der Waals surface area (Å²) in [5.74, 6) is 0. The Hall–Kier alpha value is -2.34. The molecule has 0 aromatic heterocycles. The third-order valence-corrected chi connectivity index (χ3v) is 4.73. The summed E-state index contributed by atoms with van der Waals surface area (Å²) in [4.78, 5) is 3.29. The fraction of sp³-hybridized carbons (Fsp3) is 0.0714. The lowest BCUT2D eigenvalue weighted by Crippen LogP contribution is -2.28. The van der Waals surface area contributed by atoms with Crippen LogP contribution in [0.5, 0.6) is 0 Å². The highest BCUT2D eigenvalue weighted by molar-refractivity contribution is 7.92. The van der Waals surface area contributed by atoms with Gasteiger partial charge in [-0.05, 0) is 23.2 Å². The number of anilines is 1. The molecule has 22 heavy (non-hydrogen) atoms. The van der Waals surface area contributed by atoms with Crippen LogP contribution in [0, 0.1) is 6.57 Å². The Balaban J connectivity index is 1.88. The maximum atomic E-state index is 12.3. The Bertz CT molecular complexity index is 859. The molecule has 0 atom stereocenters. The first-order valence-electron chi connectivity index (χ1n) is 6.42. The van der Waals surface area contributed by atoms with Crippen molar-refractivity contribution in [3.05, 3.63) is 59.4 Å². The van der Waals surface area contributed by atoms with Crippen molar-refractivity contribution in [1.82, 2.24) is 0 Å². The summed E-state index contributed by atoms with van der Waals surface area (Å²) in [5.41, 5.74) is 2.11. The number of hydrogen-bond donors (Lipinski definition) is 2. The van der Waals surface area contributed by atoms with Crippen molar-refractivity contribution in [1.29, 1.82) is 0 Å². The van der Waals surface area contributed by atoms with E-state index in [1.165, 1.54) is 24.3 Å². The largest absolute Gasteiger partial charge is 0.491 e. The lowest BCUT2D eigenvalue weighted by molar-refractivity contribution is 0.275. The zero-order valence-corrected chi connectivity index (χ0v) is 12.2. The number of hydrogen-bond acceptors (Lipinski definition) is 4. The Morgan fingerprint density at radius 2 is 1.95 bits per heavy atom. The summed E-state index contributed by atoms with van der Waals surface area (Å²) in [6.45, 7) is 7.17. The Kier molecular flexibility index (Phi) is 3.62. The normalized spacial score (nSPS) is 13.5. The summed E-state index contributed by atoms with van der Waals surface area (Å²) in [5, 5.41) is 9.65.